The molecule has 4 bridgehead atoms. The van der Waals surface area contributed by atoms with Gasteiger partial charge in [-0.15, -0.1) is 0 Å². The zero-order valence-electron chi connectivity index (χ0n) is 17.8. The SMILES string of the molecule is COc1ccc(C)cc1CN(C)CC(=O)NC(=O)NC12CC3CC(CC(C3)C1)C2. The number of nitrogens with one attached hydrogen (secondary N) is 2. The molecule has 0 aromatic heterocycles. The van der Waals surface area contributed by atoms with Gasteiger partial charge in [-0.3, -0.25) is 15.0 Å². The van der Waals surface area contributed by atoms with Crippen LogP contribution in [-0.4, -0.2) is 43.1 Å². The van der Waals surface area contributed by atoms with Gasteiger partial charge in [0.1, 0.15) is 5.75 Å². The fourth-order valence-corrected chi connectivity index (χ4v) is 6.32. The van der Waals surface area contributed by atoms with Crippen molar-refractivity contribution in [1.82, 2.24) is 15.5 Å². The van der Waals surface area contributed by atoms with Gasteiger partial charge in [0.25, 0.3) is 0 Å². The summed E-state index contributed by atoms with van der Waals surface area (Å²) in [5, 5.41) is 5.74. The van der Waals surface area contributed by atoms with Crippen molar-refractivity contribution in [2.24, 2.45) is 17.8 Å². The predicted octanol–water partition coefficient (Wildman–Crippen LogP) is 3.23. The summed E-state index contributed by atoms with van der Waals surface area (Å²) >= 11 is 0. The lowest BCUT2D eigenvalue weighted by molar-refractivity contribution is -0.121. The molecule has 0 aliphatic heterocycles. The topological polar surface area (TPSA) is 70.7 Å². The maximum atomic E-state index is 12.5. The van der Waals surface area contributed by atoms with Crippen molar-refractivity contribution < 1.29 is 14.3 Å². The third-order valence-electron chi connectivity index (χ3n) is 6.96. The number of amides is 3. The molecule has 0 saturated heterocycles. The Hall–Kier alpha value is -2.08. The van der Waals surface area contributed by atoms with Crippen molar-refractivity contribution >= 4 is 11.9 Å². The molecule has 4 fully saturated rings. The smallest absolute Gasteiger partial charge is 0.321 e. The number of carbonyl (C=O) groups excluding carboxylic acids is 2. The van der Waals surface area contributed by atoms with Crippen molar-refractivity contribution in [1.29, 1.82) is 0 Å². The third kappa shape index (κ3) is 4.58. The number of hydrogen-bond donors (Lipinski definition) is 2. The molecule has 4 aliphatic rings. The van der Waals surface area contributed by atoms with Gasteiger partial charge < -0.3 is 10.1 Å². The van der Waals surface area contributed by atoms with Gasteiger partial charge in [0.15, 0.2) is 0 Å². The van der Waals surface area contributed by atoms with Crippen LogP contribution >= 0.6 is 0 Å². The summed E-state index contributed by atoms with van der Waals surface area (Å²) in [5.41, 5.74) is 2.09. The van der Waals surface area contributed by atoms with E-state index < -0.39 is 0 Å². The van der Waals surface area contributed by atoms with Crippen LogP contribution in [-0.2, 0) is 11.3 Å². The fourth-order valence-electron chi connectivity index (χ4n) is 6.32. The zero-order valence-corrected chi connectivity index (χ0v) is 17.8. The van der Waals surface area contributed by atoms with Crippen LogP contribution in [0.4, 0.5) is 4.79 Å². The van der Waals surface area contributed by atoms with E-state index in [1.807, 2.05) is 31.0 Å². The minimum atomic E-state index is -0.335. The third-order valence-corrected chi connectivity index (χ3v) is 6.96. The van der Waals surface area contributed by atoms with Gasteiger partial charge in [-0.2, -0.15) is 0 Å². The molecule has 29 heavy (non-hydrogen) atoms. The number of benzene rings is 1. The molecular formula is C23H33N3O3. The first-order chi connectivity index (χ1) is 13.8. The van der Waals surface area contributed by atoms with Crippen LogP contribution in [0.25, 0.3) is 0 Å². The van der Waals surface area contributed by atoms with E-state index in [0.717, 1.165) is 53.9 Å². The number of rotatable bonds is 6. The van der Waals surface area contributed by atoms with E-state index in [2.05, 4.69) is 16.7 Å². The van der Waals surface area contributed by atoms with Gasteiger partial charge in [-0.1, -0.05) is 17.7 Å². The minimum Gasteiger partial charge on any atom is -0.496 e. The van der Waals surface area contributed by atoms with Crippen LogP contribution in [0.2, 0.25) is 0 Å². The van der Waals surface area contributed by atoms with Crippen molar-refractivity contribution in [3.05, 3.63) is 29.3 Å². The lowest BCUT2D eigenvalue weighted by Crippen LogP contribution is -2.62. The number of methoxy groups -OCH3 is 1. The zero-order chi connectivity index (χ0) is 20.6. The molecule has 3 amide bonds. The number of carbonyl (C=O) groups is 2. The van der Waals surface area contributed by atoms with Crippen molar-refractivity contribution in [2.75, 3.05) is 20.7 Å². The van der Waals surface area contributed by atoms with Gasteiger partial charge in [0.05, 0.1) is 13.7 Å². The Kier molecular flexibility index (Phi) is 5.56. The number of imide groups is 1. The largest absolute Gasteiger partial charge is 0.496 e. The van der Waals surface area contributed by atoms with Crippen molar-refractivity contribution in [3.8, 4) is 5.75 Å². The average Bonchev–Trinajstić information content (AvgIpc) is 2.59. The van der Waals surface area contributed by atoms with E-state index in [9.17, 15) is 9.59 Å². The second-order valence-corrected chi connectivity index (χ2v) is 9.69. The summed E-state index contributed by atoms with van der Waals surface area (Å²) in [6.07, 6.45) is 7.22. The highest BCUT2D eigenvalue weighted by Gasteiger charge is 2.51. The Bertz CT molecular complexity index is 756. The van der Waals surface area contributed by atoms with E-state index in [0.29, 0.717) is 6.54 Å². The lowest BCUT2D eigenvalue weighted by Gasteiger charge is -2.56. The van der Waals surface area contributed by atoms with Crippen LogP contribution in [0.1, 0.15) is 49.7 Å². The molecule has 1 aromatic carbocycles. The summed E-state index contributed by atoms with van der Waals surface area (Å²) in [7, 11) is 3.52. The summed E-state index contributed by atoms with van der Waals surface area (Å²) in [5.74, 6) is 2.80. The molecule has 4 aliphatic carbocycles. The van der Waals surface area contributed by atoms with Crippen LogP contribution in [0.15, 0.2) is 18.2 Å². The number of ether oxygens (including phenoxy) is 1. The highest BCUT2D eigenvalue weighted by atomic mass is 16.5. The molecule has 6 nitrogen and oxygen atoms in total. The molecule has 0 heterocycles. The van der Waals surface area contributed by atoms with Gasteiger partial charge in [-0.05, 0) is 76.3 Å². The predicted molar refractivity (Wildman–Crippen MR) is 112 cm³/mol. The van der Waals surface area contributed by atoms with Crippen LogP contribution in [0.5, 0.6) is 5.75 Å². The highest BCUT2D eigenvalue weighted by molar-refractivity contribution is 5.95. The number of aryl methyl sites for hydroxylation is 1. The van der Waals surface area contributed by atoms with Crippen molar-refractivity contribution in [3.63, 3.8) is 0 Å². The second-order valence-electron chi connectivity index (χ2n) is 9.69. The second kappa shape index (κ2) is 7.98. The molecule has 1 aromatic rings. The average molecular weight is 400 g/mol. The standard InChI is InChI=1S/C23H33N3O3/c1-15-4-5-20(29-3)19(6-15)13-26(2)14-21(27)24-22(28)25-23-10-16-7-17(11-23)9-18(8-16)12-23/h4-6,16-18H,7-14H2,1-3H3,(H2,24,25,27,28). The fraction of sp³-hybridized carbons (Fsp3) is 0.652. The maximum Gasteiger partial charge on any atom is 0.321 e. The summed E-state index contributed by atoms with van der Waals surface area (Å²) in [4.78, 5) is 26.9. The van der Waals surface area contributed by atoms with Gasteiger partial charge in [0.2, 0.25) is 5.91 Å². The molecule has 0 spiro atoms. The van der Waals surface area contributed by atoms with Gasteiger partial charge >= 0.3 is 6.03 Å². The van der Waals surface area contributed by atoms with Crippen molar-refractivity contribution in [2.45, 2.75) is 57.5 Å². The Labute approximate surface area is 173 Å². The molecule has 0 atom stereocenters. The molecule has 5 rings (SSSR count). The number of nitrogens with zero attached hydrogens (tertiary/aromatic N) is 1. The number of likely N-dealkylation sites (N-methyl/N-ethyl adjacent to an activating group) is 1. The van der Waals surface area contributed by atoms with E-state index in [-0.39, 0.29) is 24.0 Å². The normalized spacial score (nSPS) is 29.7. The Morgan fingerprint density at radius 3 is 2.34 bits per heavy atom. The van der Waals surface area contributed by atoms with E-state index in [4.69, 9.17) is 4.74 Å². The molecule has 158 valence electrons. The molecule has 0 unspecified atom stereocenters. The monoisotopic (exact) mass is 399 g/mol. The first kappa shape index (κ1) is 20.2. The van der Waals surface area contributed by atoms with Gasteiger partial charge in [-0.25, -0.2) is 4.79 Å². The molecule has 2 N–H and O–H groups in total. The Morgan fingerprint density at radius 2 is 1.76 bits per heavy atom. The van der Waals surface area contributed by atoms with E-state index in [1.54, 1.807) is 7.11 Å². The Morgan fingerprint density at radius 1 is 1.14 bits per heavy atom. The van der Waals surface area contributed by atoms with E-state index >= 15 is 0 Å². The lowest BCUT2D eigenvalue weighted by atomic mass is 9.53. The molecule has 0 radical (unpaired) electrons. The quantitative estimate of drug-likeness (QED) is 0.771. The molecule has 4 saturated carbocycles. The summed E-state index contributed by atoms with van der Waals surface area (Å²) in [6, 6.07) is 5.67. The van der Waals surface area contributed by atoms with E-state index in [1.165, 1.54) is 19.3 Å². The summed E-state index contributed by atoms with van der Waals surface area (Å²) in [6.45, 7) is 2.77. The Balaban J connectivity index is 1.28. The molecular weight excluding hydrogens is 366 g/mol. The number of hydrogen-bond acceptors (Lipinski definition) is 4. The molecule has 6 heteroatoms. The first-order valence-electron chi connectivity index (χ1n) is 10.8. The number of urea groups is 1. The summed E-state index contributed by atoms with van der Waals surface area (Å²) < 4.78 is 5.41. The highest BCUT2D eigenvalue weighted by Crippen LogP contribution is 2.55. The van der Waals surface area contributed by atoms with Crippen LogP contribution in [0, 0.1) is 24.7 Å². The van der Waals surface area contributed by atoms with Gasteiger partial charge in [0, 0.05) is 17.6 Å². The van der Waals surface area contributed by atoms with Crippen LogP contribution < -0.4 is 15.4 Å². The minimum absolute atomic E-state index is 0.0834. The van der Waals surface area contributed by atoms with Crippen LogP contribution in [0.3, 0.4) is 0 Å². The first-order valence-corrected chi connectivity index (χ1v) is 10.8. The maximum absolute atomic E-state index is 12.5.